The molecule has 2 aromatic rings. The summed E-state index contributed by atoms with van der Waals surface area (Å²) in [6.07, 6.45) is 0. The van der Waals surface area contributed by atoms with Gasteiger partial charge in [0.15, 0.2) is 0 Å². The van der Waals surface area contributed by atoms with E-state index in [1.54, 1.807) is 7.05 Å². The minimum atomic E-state index is 0.156. The molecule has 0 spiro atoms. The molecule has 18 heavy (non-hydrogen) atoms. The van der Waals surface area contributed by atoms with Gasteiger partial charge in [-0.25, -0.2) is 0 Å². The van der Waals surface area contributed by atoms with Crippen molar-refractivity contribution >= 4 is 39.4 Å². The molecule has 0 unspecified atom stereocenters. The minimum Gasteiger partial charge on any atom is -0.357 e. The summed E-state index contributed by atoms with van der Waals surface area (Å²) in [7, 11) is 1.73. The number of anilines is 2. The fourth-order valence-electron chi connectivity index (χ4n) is 1.36. The van der Waals surface area contributed by atoms with E-state index in [9.17, 15) is 0 Å². The zero-order valence-electron chi connectivity index (χ0n) is 9.61. The van der Waals surface area contributed by atoms with Crippen molar-refractivity contribution in [3.63, 3.8) is 0 Å². The zero-order chi connectivity index (χ0) is 13.0. The lowest BCUT2D eigenvalue weighted by molar-refractivity contribution is 1.00. The molecule has 0 saturated carbocycles. The summed E-state index contributed by atoms with van der Waals surface area (Å²) in [4.78, 5) is 12.1. The average Bonchev–Trinajstić information content (AvgIpc) is 2.37. The fraction of sp³-hybridized carbons (Fsp3) is 0.182. The van der Waals surface area contributed by atoms with E-state index in [1.807, 2.05) is 24.3 Å². The molecule has 94 valence electrons. The molecule has 2 rings (SSSR count). The van der Waals surface area contributed by atoms with Gasteiger partial charge in [-0.3, -0.25) is 0 Å². The van der Waals surface area contributed by atoms with Gasteiger partial charge < -0.3 is 10.6 Å². The maximum atomic E-state index is 5.79. The van der Waals surface area contributed by atoms with Crippen LogP contribution in [0.2, 0.25) is 5.28 Å². The van der Waals surface area contributed by atoms with Crippen molar-refractivity contribution < 1.29 is 0 Å². The van der Waals surface area contributed by atoms with Crippen LogP contribution < -0.4 is 10.6 Å². The summed E-state index contributed by atoms with van der Waals surface area (Å²) in [5.74, 6) is 0.875. The van der Waals surface area contributed by atoms with Crippen molar-refractivity contribution in [1.29, 1.82) is 0 Å². The summed E-state index contributed by atoms with van der Waals surface area (Å²) in [6, 6.07) is 7.93. The van der Waals surface area contributed by atoms with Crippen molar-refractivity contribution in [1.82, 2.24) is 15.0 Å². The van der Waals surface area contributed by atoms with E-state index in [-0.39, 0.29) is 5.28 Å². The second-order valence-electron chi connectivity index (χ2n) is 3.45. The van der Waals surface area contributed by atoms with Crippen LogP contribution in [0.15, 0.2) is 28.7 Å². The molecule has 2 N–H and O–H groups in total. The summed E-state index contributed by atoms with van der Waals surface area (Å²) >= 11 is 9.27. The predicted octanol–water partition coefficient (Wildman–Crippen LogP) is 2.94. The Balaban J connectivity index is 2.11. The third kappa shape index (κ3) is 3.30. The van der Waals surface area contributed by atoms with Crippen molar-refractivity contribution in [2.75, 3.05) is 17.7 Å². The quantitative estimate of drug-likeness (QED) is 0.903. The lowest BCUT2D eigenvalue weighted by atomic mass is 10.2. The fourth-order valence-corrected chi connectivity index (χ4v) is 1.94. The molecule has 0 radical (unpaired) electrons. The number of halogens is 2. The zero-order valence-corrected chi connectivity index (χ0v) is 12.0. The van der Waals surface area contributed by atoms with E-state index in [0.717, 1.165) is 10.0 Å². The SMILES string of the molecule is CNc1nc(Cl)nc(NCc2ccccc2Br)n1. The normalized spacial score (nSPS) is 10.2. The van der Waals surface area contributed by atoms with Gasteiger partial charge >= 0.3 is 0 Å². The molecule has 0 aliphatic rings. The maximum absolute atomic E-state index is 5.79. The van der Waals surface area contributed by atoms with Crippen LogP contribution in [0.25, 0.3) is 0 Å². The van der Waals surface area contributed by atoms with E-state index < -0.39 is 0 Å². The van der Waals surface area contributed by atoms with E-state index >= 15 is 0 Å². The first-order valence-electron chi connectivity index (χ1n) is 5.25. The molecule has 1 heterocycles. The first-order chi connectivity index (χ1) is 8.69. The van der Waals surface area contributed by atoms with Crippen LogP contribution in [0.4, 0.5) is 11.9 Å². The molecule has 0 fully saturated rings. The monoisotopic (exact) mass is 327 g/mol. The summed E-state index contributed by atoms with van der Waals surface area (Å²) in [5.41, 5.74) is 1.11. The first kappa shape index (κ1) is 13.0. The molecule has 7 heteroatoms. The Morgan fingerprint density at radius 3 is 2.61 bits per heavy atom. The van der Waals surface area contributed by atoms with Crippen LogP contribution >= 0.6 is 27.5 Å². The van der Waals surface area contributed by atoms with Crippen LogP contribution in [-0.4, -0.2) is 22.0 Å². The lowest BCUT2D eigenvalue weighted by Gasteiger charge is -2.07. The molecule has 0 amide bonds. The molecule has 0 bridgehead atoms. The number of aromatic nitrogens is 3. The van der Waals surface area contributed by atoms with Gasteiger partial charge in [0, 0.05) is 18.1 Å². The molecule has 0 atom stereocenters. The smallest absolute Gasteiger partial charge is 0.229 e. The van der Waals surface area contributed by atoms with Gasteiger partial charge in [-0.1, -0.05) is 34.1 Å². The Hall–Kier alpha value is -1.40. The Labute approximate surface area is 118 Å². The van der Waals surface area contributed by atoms with Gasteiger partial charge in [0.1, 0.15) is 0 Å². The Bertz CT molecular complexity index is 549. The average molecular weight is 329 g/mol. The molecule has 0 saturated heterocycles. The van der Waals surface area contributed by atoms with E-state index in [1.165, 1.54) is 0 Å². The van der Waals surface area contributed by atoms with Gasteiger partial charge in [-0.05, 0) is 23.2 Å². The second-order valence-corrected chi connectivity index (χ2v) is 4.64. The lowest BCUT2D eigenvalue weighted by Crippen LogP contribution is -2.07. The highest BCUT2D eigenvalue weighted by molar-refractivity contribution is 9.10. The Morgan fingerprint density at radius 1 is 1.17 bits per heavy atom. The summed E-state index contributed by atoms with van der Waals surface area (Å²) < 4.78 is 1.03. The minimum absolute atomic E-state index is 0.156. The number of benzene rings is 1. The van der Waals surface area contributed by atoms with E-state index in [2.05, 4.69) is 41.5 Å². The van der Waals surface area contributed by atoms with Gasteiger partial charge in [-0.15, -0.1) is 0 Å². The van der Waals surface area contributed by atoms with Crippen molar-refractivity contribution in [3.8, 4) is 0 Å². The molecule has 0 aliphatic heterocycles. The Morgan fingerprint density at radius 2 is 1.89 bits per heavy atom. The standard InChI is InChI=1S/C11H11BrClN5/c1-14-10-16-9(13)17-11(18-10)15-6-7-4-2-3-5-8(7)12/h2-5H,6H2,1H3,(H2,14,15,16,17,18). The highest BCUT2D eigenvalue weighted by Crippen LogP contribution is 2.17. The first-order valence-corrected chi connectivity index (χ1v) is 6.43. The molecule has 5 nitrogen and oxygen atoms in total. The third-order valence-corrected chi connectivity index (χ3v) is 3.17. The number of nitrogens with one attached hydrogen (secondary N) is 2. The van der Waals surface area contributed by atoms with Crippen molar-refractivity contribution in [2.45, 2.75) is 6.54 Å². The molecular weight excluding hydrogens is 318 g/mol. The van der Waals surface area contributed by atoms with Gasteiger partial charge in [0.25, 0.3) is 0 Å². The molecule has 1 aromatic heterocycles. The predicted molar refractivity (Wildman–Crippen MR) is 75.9 cm³/mol. The summed E-state index contributed by atoms with van der Waals surface area (Å²) in [5, 5.41) is 6.08. The Kier molecular flexibility index (Phi) is 4.33. The molecular formula is C11H11BrClN5. The van der Waals surface area contributed by atoms with Gasteiger partial charge in [-0.2, -0.15) is 15.0 Å². The number of hydrogen-bond acceptors (Lipinski definition) is 5. The maximum Gasteiger partial charge on any atom is 0.229 e. The number of rotatable bonds is 4. The highest BCUT2D eigenvalue weighted by atomic mass is 79.9. The van der Waals surface area contributed by atoms with Gasteiger partial charge in [0.05, 0.1) is 0 Å². The number of hydrogen-bond donors (Lipinski definition) is 2. The van der Waals surface area contributed by atoms with Crippen LogP contribution in [0, 0.1) is 0 Å². The van der Waals surface area contributed by atoms with Crippen molar-refractivity contribution in [2.24, 2.45) is 0 Å². The van der Waals surface area contributed by atoms with Crippen LogP contribution in [-0.2, 0) is 6.54 Å². The van der Waals surface area contributed by atoms with Crippen LogP contribution in [0.1, 0.15) is 5.56 Å². The van der Waals surface area contributed by atoms with Crippen LogP contribution in [0.3, 0.4) is 0 Å². The summed E-state index contributed by atoms with van der Waals surface area (Å²) in [6.45, 7) is 0.602. The van der Waals surface area contributed by atoms with Gasteiger partial charge in [0.2, 0.25) is 17.2 Å². The second kappa shape index (κ2) is 5.97. The topological polar surface area (TPSA) is 62.7 Å². The molecule has 1 aromatic carbocycles. The highest BCUT2D eigenvalue weighted by Gasteiger charge is 2.04. The number of nitrogens with zero attached hydrogens (tertiary/aromatic N) is 3. The largest absolute Gasteiger partial charge is 0.357 e. The van der Waals surface area contributed by atoms with E-state index in [4.69, 9.17) is 11.6 Å². The van der Waals surface area contributed by atoms with Crippen LogP contribution in [0.5, 0.6) is 0 Å². The van der Waals surface area contributed by atoms with Crippen molar-refractivity contribution in [3.05, 3.63) is 39.6 Å². The third-order valence-electron chi connectivity index (χ3n) is 2.23. The molecule has 0 aliphatic carbocycles. The van der Waals surface area contributed by atoms with E-state index in [0.29, 0.717) is 18.4 Å².